The van der Waals surface area contributed by atoms with E-state index in [1.807, 2.05) is 0 Å². The van der Waals surface area contributed by atoms with E-state index in [4.69, 9.17) is 16.3 Å². The molecule has 0 aromatic heterocycles. The van der Waals surface area contributed by atoms with Crippen LogP contribution in [0.25, 0.3) is 0 Å². The van der Waals surface area contributed by atoms with Gasteiger partial charge in [-0.05, 0) is 24.6 Å². The second kappa shape index (κ2) is 13.3. The van der Waals surface area contributed by atoms with Crippen molar-refractivity contribution in [2.75, 3.05) is 7.11 Å². The molecule has 1 aromatic carbocycles. The van der Waals surface area contributed by atoms with E-state index in [1.165, 1.54) is 57.8 Å². The van der Waals surface area contributed by atoms with Crippen LogP contribution in [0, 0.1) is 0 Å². The molecule has 0 heterocycles. The van der Waals surface area contributed by atoms with Crippen molar-refractivity contribution in [2.24, 2.45) is 0 Å². The van der Waals surface area contributed by atoms with Crippen LogP contribution in [0.3, 0.4) is 0 Å². The average Bonchev–Trinajstić information content (AvgIpc) is 2.59. The van der Waals surface area contributed by atoms with Gasteiger partial charge in [-0.25, -0.2) is 0 Å². The molecule has 0 radical (unpaired) electrons. The van der Waals surface area contributed by atoms with E-state index in [0.29, 0.717) is 22.8 Å². The highest BCUT2D eigenvalue weighted by Gasteiger charge is 2.12. The molecule has 24 heavy (non-hydrogen) atoms. The van der Waals surface area contributed by atoms with Gasteiger partial charge in [-0.1, -0.05) is 82.7 Å². The number of rotatable bonds is 14. The number of ketones is 1. The van der Waals surface area contributed by atoms with Crippen LogP contribution in [-0.2, 0) is 0 Å². The molecule has 3 heteroatoms. The van der Waals surface area contributed by atoms with E-state index >= 15 is 0 Å². The first-order valence-electron chi connectivity index (χ1n) is 9.55. The topological polar surface area (TPSA) is 26.3 Å². The fraction of sp³-hybridized carbons (Fsp3) is 0.667. The van der Waals surface area contributed by atoms with Crippen LogP contribution in [0.2, 0.25) is 5.02 Å². The second-order valence-electron chi connectivity index (χ2n) is 6.55. The number of Topliss-reactive ketones (excluding diaryl/α,β-unsaturated/α-hetero) is 1. The van der Waals surface area contributed by atoms with Crippen molar-refractivity contribution in [3.63, 3.8) is 0 Å². The molecule has 136 valence electrons. The summed E-state index contributed by atoms with van der Waals surface area (Å²) in [6.07, 6.45) is 14.7. The Labute approximate surface area is 152 Å². The lowest BCUT2D eigenvalue weighted by Crippen LogP contribution is -2.02. The van der Waals surface area contributed by atoms with Gasteiger partial charge in [-0.15, -0.1) is 0 Å². The molecular weight excluding hydrogens is 320 g/mol. The predicted molar refractivity (Wildman–Crippen MR) is 103 cm³/mol. The maximum Gasteiger partial charge on any atom is 0.166 e. The van der Waals surface area contributed by atoms with Crippen LogP contribution >= 0.6 is 11.6 Å². The number of benzene rings is 1. The first-order chi connectivity index (χ1) is 11.7. The predicted octanol–water partition coefficient (Wildman–Crippen LogP) is 7.23. The number of methoxy groups -OCH3 is 1. The Morgan fingerprint density at radius 2 is 1.46 bits per heavy atom. The molecule has 0 N–H and O–H groups in total. The van der Waals surface area contributed by atoms with Crippen molar-refractivity contribution in [3.8, 4) is 5.75 Å². The fourth-order valence-corrected chi connectivity index (χ4v) is 3.15. The molecule has 1 aromatic rings. The molecule has 0 aliphatic rings. The summed E-state index contributed by atoms with van der Waals surface area (Å²) in [6, 6.07) is 5.22. The van der Waals surface area contributed by atoms with Crippen LogP contribution < -0.4 is 4.74 Å². The zero-order chi connectivity index (χ0) is 17.6. The monoisotopic (exact) mass is 352 g/mol. The molecule has 0 aliphatic carbocycles. The van der Waals surface area contributed by atoms with Gasteiger partial charge >= 0.3 is 0 Å². The van der Waals surface area contributed by atoms with Crippen LogP contribution in [0.5, 0.6) is 5.75 Å². The first-order valence-corrected chi connectivity index (χ1v) is 9.93. The highest BCUT2D eigenvalue weighted by molar-refractivity contribution is 6.31. The largest absolute Gasteiger partial charge is 0.496 e. The van der Waals surface area contributed by atoms with Crippen molar-refractivity contribution in [1.29, 1.82) is 0 Å². The maximum absolute atomic E-state index is 12.3. The van der Waals surface area contributed by atoms with Crippen molar-refractivity contribution in [3.05, 3.63) is 28.8 Å². The zero-order valence-corrected chi connectivity index (χ0v) is 16.2. The van der Waals surface area contributed by atoms with Gasteiger partial charge in [0, 0.05) is 11.4 Å². The molecule has 0 aliphatic heterocycles. The number of carbonyl (C=O) groups excluding carboxylic acids is 1. The average molecular weight is 353 g/mol. The third kappa shape index (κ3) is 8.73. The van der Waals surface area contributed by atoms with Crippen LogP contribution in [-0.4, -0.2) is 12.9 Å². The number of hydrogen-bond acceptors (Lipinski definition) is 2. The van der Waals surface area contributed by atoms with E-state index in [1.54, 1.807) is 25.3 Å². The van der Waals surface area contributed by atoms with E-state index in [9.17, 15) is 4.79 Å². The van der Waals surface area contributed by atoms with Gasteiger partial charge in [0.05, 0.1) is 12.7 Å². The molecule has 0 unspecified atom stereocenters. The Morgan fingerprint density at radius 1 is 0.917 bits per heavy atom. The summed E-state index contributed by atoms with van der Waals surface area (Å²) >= 11 is 5.98. The lowest BCUT2D eigenvalue weighted by atomic mass is 10.0. The maximum atomic E-state index is 12.3. The molecule has 0 saturated carbocycles. The first kappa shape index (κ1) is 21.0. The van der Waals surface area contributed by atoms with E-state index in [2.05, 4.69) is 6.92 Å². The van der Waals surface area contributed by atoms with Crippen LogP contribution in [0.4, 0.5) is 0 Å². The van der Waals surface area contributed by atoms with Gasteiger partial charge in [0.15, 0.2) is 5.78 Å². The Balaban J connectivity index is 2.09. The number of unbranched alkanes of at least 4 members (excludes halogenated alkanes) is 10. The summed E-state index contributed by atoms with van der Waals surface area (Å²) in [5.74, 6) is 0.748. The molecule has 0 spiro atoms. The highest BCUT2D eigenvalue weighted by atomic mass is 35.5. The number of hydrogen-bond donors (Lipinski definition) is 0. The third-order valence-electron chi connectivity index (χ3n) is 4.47. The number of halogens is 1. The minimum absolute atomic E-state index is 0.130. The summed E-state index contributed by atoms with van der Waals surface area (Å²) in [5.41, 5.74) is 0.608. The summed E-state index contributed by atoms with van der Waals surface area (Å²) < 4.78 is 5.25. The molecule has 0 amide bonds. The van der Waals surface area contributed by atoms with Gasteiger partial charge in [0.2, 0.25) is 0 Å². The molecule has 2 nitrogen and oxygen atoms in total. The van der Waals surface area contributed by atoms with Crippen LogP contribution in [0.1, 0.15) is 94.3 Å². The van der Waals surface area contributed by atoms with Crippen molar-refractivity contribution < 1.29 is 9.53 Å². The minimum atomic E-state index is 0.130. The van der Waals surface area contributed by atoms with Crippen LogP contribution in [0.15, 0.2) is 18.2 Å². The van der Waals surface area contributed by atoms with E-state index in [0.717, 1.165) is 12.8 Å². The highest BCUT2D eigenvalue weighted by Crippen LogP contribution is 2.24. The molecule has 0 bridgehead atoms. The quantitative estimate of drug-likeness (QED) is 0.260. The Morgan fingerprint density at radius 3 is 2.00 bits per heavy atom. The number of ether oxygens (including phenoxy) is 1. The summed E-state index contributed by atoms with van der Waals surface area (Å²) in [5, 5.41) is 0.582. The SMILES string of the molecule is CCCCCCCCCCCCCC(=O)c1cc(Cl)ccc1OC. The van der Waals surface area contributed by atoms with E-state index < -0.39 is 0 Å². The second-order valence-corrected chi connectivity index (χ2v) is 6.99. The van der Waals surface area contributed by atoms with Gasteiger partial charge in [-0.2, -0.15) is 0 Å². The molecule has 0 atom stereocenters. The van der Waals surface area contributed by atoms with Gasteiger partial charge in [0.1, 0.15) is 5.75 Å². The standard InChI is InChI=1S/C21H33ClO2/c1-3-4-5-6-7-8-9-10-11-12-13-14-20(23)19-17-18(22)15-16-21(19)24-2/h15-17H,3-14H2,1-2H3. The molecule has 0 saturated heterocycles. The zero-order valence-electron chi connectivity index (χ0n) is 15.4. The lowest BCUT2D eigenvalue weighted by Gasteiger charge is -2.08. The summed E-state index contributed by atoms with van der Waals surface area (Å²) in [6.45, 7) is 2.26. The Kier molecular flexibility index (Phi) is 11.6. The molecular formula is C21H33ClO2. The van der Waals surface area contributed by atoms with E-state index in [-0.39, 0.29) is 5.78 Å². The Bertz CT molecular complexity index is 471. The fourth-order valence-electron chi connectivity index (χ4n) is 2.98. The molecule has 0 fully saturated rings. The lowest BCUT2D eigenvalue weighted by molar-refractivity contribution is 0.0976. The smallest absolute Gasteiger partial charge is 0.166 e. The van der Waals surface area contributed by atoms with Gasteiger partial charge in [-0.3, -0.25) is 4.79 Å². The van der Waals surface area contributed by atoms with Crippen molar-refractivity contribution in [1.82, 2.24) is 0 Å². The minimum Gasteiger partial charge on any atom is -0.496 e. The van der Waals surface area contributed by atoms with Gasteiger partial charge in [0.25, 0.3) is 0 Å². The Hall–Kier alpha value is -1.02. The summed E-state index contributed by atoms with van der Waals surface area (Å²) in [4.78, 5) is 12.3. The van der Waals surface area contributed by atoms with Crippen molar-refractivity contribution >= 4 is 17.4 Å². The summed E-state index contributed by atoms with van der Waals surface area (Å²) in [7, 11) is 1.59. The normalized spacial score (nSPS) is 10.8. The van der Waals surface area contributed by atoms with Crippen molar-refractivity contribution in [2.45, 2.75) is 84.0 Å². The number of carbonyl (C=O) groups is 1. The van der Waals surface area contributed by atoms with Gasteiger partial charge < -0.3 is 4.74 Å². The molecule has 1 rings (SSSR count). The third-order valence-corrected chi connectivity index (χ3v) is 4.70.